The van der Waals surface area contributed by atoms with Gasteiger partial charge in [0.15, 0.2) is 5.96 Å². The van der Waals surface area contributed by atoms with Gasteiger partial charge in [-0.15, -0.1) is 24.0 Å². The summed E-state index contributed by atoms with van der Waals surface area (Å²) in [4.78, 5) is 23.2. The molecule has 158 valence electrons. The van der Waals surface area contributed by atoms with Crippen LogP contribution in [0.4, 0.5) is 5.69 Å². The second-order valence-electron chi connectivity index (χ2n) is 7.47. The van der Waals surface area contributed by atoms with Gasteiger partial charge in [0.1, 0.15) is 6.54 Å². The van der Waals surface area contributed by atoms with Crippen LogP contribution in [0.25, 0.3) is 0 Å². The lowest BCUT2D eigenvalue weighted by atomic mass is 9.88. The molecule has 2 fully saturated rings. The van der Waals surface area contributed by atoms with Gasteiger partial charge >= 0.3 is 0 Å². The fourth-order valence-corrected chi connectivity index (χ4v) is 3.78. The number of aryl methyl sites for hydroxylation is 1. The third-order valence-electron chi connectivity index (χ3n) is 5.68. The summed E-state index contributed by atoms with van der Waals surface area (Å²) in [5.74, 6) is 0.840. The molecule has 0 unspecified atom stereocenters. The number of amides is 1. The van der Waals surface area contributed by atoms with Crippen LogP contribution >= 0.6 is 24.0 Å². The number of carbonyl (C=O) groups is 1. The van der Waals surface area contributed by atoms with E-state index in [0.29, 0.717) is 13.1 Å². The summed E-state index contributed by atoms with van der Waals surface area (Å²) in [7, 11) is 7.86. The summed E-state index contributed by atoms with van der Waals surface area (Å²) in [5.41, 5.74) is 0.897. The predicted octanol–water partition coefficient (Wildman–Crippen LogP) is 0.373. The molecule has 28 heavy (non-hydrogen) atoms. The zero-order valence-corrected chi connectivity index (χ0v) is 19.5. The van der Waals surface area contributed by atoms with Crippen molar-refractivity contribution in [1.82, 2.24) is 24.9 Å². The average Bonchev–Trinajstić information content (AvgIpc) is 3.09. The van der Waals surface area contributed by atoms with Gasteiger partial charge in [-0.25, -0.2) is 0 Å². The van der Waals surface area contributed by atoms with E-state index in [9.17, 15) is 4.79 Å². The first-order valence-electron chi connectivity index (χ1n) is 9.45. The number of aliphatic imine (C=N–C) groups is 1. The summed E-state index contributed by atoms with van der Waals surface area (Å²) in [6, 6.07) is 0. The summed E-state index contributed by atoms with van der Waals surface area (Å²) in [6.07, 6.45) is 5.56. The summed E-state index contributed by atoms with van der Waals surface area (Å²) in [5, 5.41) is 7.66. The average molecular weight is 505 g/mol. The van der Waals surface area contributed by atoms with E-state index < -0.39 is 0 Å². The van der Waals surface area contributed by atoms with E-state index in [2.05, 4.69) is 34.4 Å². The Morgan fingerprint density at radius 2 is 2.07 bits per heavy atom. The topological polar surface area (TPSA) is 78.2 Å². The Morgan fingerprint density at radius 3 is 2.61 bits per heavy atom. The molecular formula is C18H32IN7O2. The Morgan fingerprint density at radius 1 is 1.36 bits per heavy atom. The van der Waals surface area contributed by atoms with Crippen molar-refractivity contribution < 1.29 is 9.53 Å². The molecule has 0 spiro atoms. The van der Waals surface area contributed by atoms with E-state index in [1.54, 1.807) is 22.8 Å². The lowest BCUT2D eigenvalue weighted by Crippen LogP contribution is -2.60. The van der Waals surface area contributed by atoms with Gasteiger partial charge in [0.25, 0.3) is 0 Å². The molecule has 3 heterocycles. The molecule has 1 N–H and O–H groups in total. The highest BCUT2D eigenvalue weighted by Gasteiger charge is 2.36. The molecule has 1 aromatic heterocycles. The smallest absolute Gasteiger partial charge is 0.246 e. The number of guanidine groups is 1. The Balaban J connectivity index is 0.00000280. The molecule has 0 aromatic carbocycles. The van der Waals surface area contributed by atoms with Crippen LogP contribution in [0, 0.1) is 0 Å². The Hall–Kier alpha value is -1.40. The number of anilines is 1. The highest BCUT2D eigenvalue weighted by atomic mass is 127. The Bertz CT molecular complexity index is 685. The van der Waals surface area contributed by atoms with Crippen LogP contribution in [0.5, 0.6) is 0 Å². The summed E-state index contributed by atoms with van der Waals surface area (Å²) < 4.78 is 7.25. The number of aromatic nitrogens is 2. The Kier molecular flexibility index (Phi) is 8.07. The van der Waals surface area contributed by atoms with Gasteiger partial charge in [-0.1, -0.05) is 0 Å². The molecule has 9 nitrogen and oxygen atoms in total. The van der Waals surface area contributed by atoms with E-state index in [1.165, 1.54) is 0 Å². The van der Waals surface area contributed by atoms with Crippen LogP contribution < -0.4 is 10.2 Å². The second kappa shape index (κ2) is 9.88. The van der Waals surface area contributed by atoms with E-state index in [0.717, 1.165) is 50.8 Å². The van der Waals surface area contributed by atoms with Crippen molar-refractivity contribution in [1.29, 1.82) is 0 Å². The molecule has 0 saturated carbocycles. The van der Waals surface area contributed by atoms with Crippen molar-refractivity contribution >= 4 is 41.5 Å². The number of ether oxygens (including phenoxy) is 1. The zero-order valence-electron chi connectivity index (χ0n) is 17.2. The molecule has 2 aliphatic heterocycles. The van der Waals surface area contributed by atoms with E-state index in [1.807, 2.05) is 18.1 Å². The van der Waals surface area contributed by atoms with Crippen molar-refractivity contribution in [2.75, 3.05) is 65.4 Å². The van der Waals surface area contributed by atoms with E-state index >= 15 is 0 Å². The molecule has 0 atom stereocenters. The predicted molar refractivity (Wildman–Crippen MR) is 120 cm³/mol. The molecule has 0 bridgehead atoms. The van der Waals surface area contributed by atoms with Crippen LogP contribution in [0.15, 0.2) is 17.4 Å². The number of rotatable bonds is 4. The number of nitrogens with zero attached hydrogens (tertiary/aromatic N) is 6. The van der Waals surface area contributed by atoms with Crippen molar-refractivity contribution in [3.63, 3.8) is 0 Å². The highest BCUT2D eigenvalue weighted by Crippen LogP contribution is 2.25. The van der Waals surface area contributed by atoms with Crippen molar-refractivity contribution in [3.8, 4) is 0 Å². The Labute approximate surface area is 184 Å². The number of halogens is 1. The van der Waals surface area contributed by atoms with E-state index in [-0.39, 0.29) is 35.4 Å². The monoisotopic (exact) mass is 505 g/mol. The van der Waals surface area contributed by atoms with Crippen molar-refractivity contribution in [3.05, 3.63) is 12.4 Å². The standard InChI is InChI=1S/C18H31N7O2.HI/c1-19-17(20-14-18(22(2)3)5-9-27-10-6-18)24-7-8-25(16(26)13-24)15-11-21-23(4)12-15;/h11-12H,5-10,13-14H2,1-4H3,(H,19,20);1H. The first-order valence-corrected chi connectivity index (χ1v) is 9.45. The fourth-order valence-electron chi connectivity index (χ4n) is 3.78. The summed E-state index contributed by atoms with van der Waals surface area (Å²) >= 11 is 0. The van der Waals surface area contributed by atoms with Crippen LogP contribution in [0.2, 0.25) is 0 Å². The van der Waals surface area contributed by atoms with Gasteiger partial charge < -0.3 is 24.8 Å². The van der Waals surface area contributed by atoms with Crippen molar-refractivity contribution in [2.45, 2.75) is 18.4 Å². The molecule has 1 aromatic rings. The lowest BCUT2D eigenvalue weighted by molar-refractivity contribution is -0.120. The van der Waals surface area contributed by atoms with Gasteiger partial charge in [0, 0.05) is 58.7 Å². The highest BCUT2D eigenvalue weighted by molar-refractivity contribution is 14.0. The van der Waals surface area contributed by atoms with Crippen molar-refractivity contribution in [2.24, 2.45) is 12.0 Å². The number of nitrogens with one attached hydrogen (secondary N) is 1. The number of likely N-dealkylation sites (N-methyl/N-ethyl adjacent to an activating group) is 1. The van der Waals surface area contributed by atoms with Gasteiger partial charge in [0.2, 0.25) is 5.91 Å². The summed E-state index contributed by atoms with van der Waals surface area (Å²) in [6.45, 7) is 4.01. The third-order valence-corrected chi connectivity index (χ3v) is 5.68. The molecule has 10 heteroatoms. The maximum Gasteiger partial charge on any atom is 0.246 e. The normalized spacial score (nSPS) is 20.3. The minimum Gasteiger partial charge on any atom is -0.381 e. The quantitative estimate of drug-likeness (QED) is 0.362. The minimum atomic E-state index is 0. The molecule has 1 amide bonds. The first-order chi connectivity index (χ1) is 12.9. The fraction of sp³-hybridized carbons (Fsp3) is 0.722. The van der Waals surface area contributed by atoms with Crippen LogP contribution in [-0.4, -0.2) is 97.5 Å². The maximum atomic E-state index is 12.7. The lowest BCUT2D eigenvalue weighted by Gasteiger charge is -2.44. The molecule has 0 radical (unpaired) electrons. The number of piperazine rings is 1. The van der Waals surface area contributed by atoms with Gasteiger partial charge in [-0.3, -0.25) is 14.5 Å². The molecule has 3 rings (SSSR count). The zero-order chi connectivity index (χ0) is 19.4. The SMILES string of the molecule is CN=C(NCC1(N(C)C)CCOCC1)N1CCN(c2cnn(C)c2)C(=O)C1.I. The van der Waals surface area contributed by atoms with Crippen LogP contribution in [0.3, 0.4) is 0 Å². The van der Waals surface area contributed by atoms with Crippen LogP contribution in [0.1, 0.15) is 12.8 Å². The van der Waals surface area contributed by atoms with Gasteiger partial charge in [-0.2, -0.15) is 5.10 Å². The minimum absolute atomic E-state index is 0. The molecule has 2 saturated heterocycles. The van der Waals surface area contributed by atoms with Gasteiger partial charge in [0.05, 0.1) is 11.9 Å². The maximum absolute atomic E-state index is 12.7. The third kappa shape index (κ3) is 4.95. The van der Waals surface area contributed by atoms with Crippen LogP contribution in [-0.2, 0) is 16.6 Å². The first kappa shape index (κ1) is 22.9. The largest absolute Gasteiger partial charge is 0.381 e. The second-order valence-corrected chi connectivity index (χ2v) is 7.47. The molecule has 2 aliphatic rings. The number of hydrogen-bond donors (Lipinski definition) is 1. The molecule has 0 aliphatic carbocycles. The number of carbonyl (C=O) groups excluding carboxylic acids is 1. The van der Waals surface area contributed by atoms with E-state index in [4.69, 9.17) is 4.74 Å². The molecular weight excluding hydrogens is 473 g/mol. The number of hydrogen-bond acceptors (Lipinski definition) is 5. The van der Waals surface area contributed by atoms with Gasteiger partial charge in [-0.05, 0) is 26.9 Å².